The molecule has 0 saturated heterocycles. The first-order valence-electron chi connectivity index (χ1n) is 7.16. The standard InChI is InChI=1S/C17H14FNO4S/c1-9-6-13(24-14(9)8-20)16-12(7-15(21)22)19-17(23-16)10-2-4-11(18)5-3-10/h2-6,20H,7-8H2,1H3,(H,21,22). The summed E-state index contributed by atoms with van der Waals surface area (Å²) in [5.74, 6) is -0.800. The van der Waals surface area contributed by atoms with Crippen LogP contribution in [-0.4, -0.2) is 21.2 Å². The Morgan fingerprint density at radius 2 is 2.04 bits per heavy atom. The minimum atomic E-state index is -1.02. The average Bonchev–Trinajstić information content (AvgIpc) is 3.11. The Labute approximate surface area is 141 Å². The number of nitrogens with zero attached hydrogens (tertiary/aromatic N) is 1. The second-order valence-electron chi connectivity index (χ2n) is 5.25. The van der Waals surface area contributed by atoms with E-state index in [9.17, 15) is 14.3 Å². The summed E-state index contributed by atoms with van der Waals surface area (Å²) in [6, 6.07) is 7.45. The lowest BCUT2D eigenvalue weighted by molar-refractivity contribution is -0.136. The second kappa shape index (κ2) is 6.54. The number of aliphatic carboxylic acids is 1. The van der Waals surface area contributed by atoms with Gasteiger partial charge in [-0.2, -0.15) is 0 Å². The van der Waals surface area contributed by atoms with Crippen LogP contribution in [0.25, 0.3) is 22.1 Å². The molecule has 0 radical (unpaired) electrons. The molecule has 124 valence electrons. The van der Waals surface area contributed by atoms with Gasteiger partial charge >= 0.3 is 5.97 Å². The van der Waals surface area contributed by atoms with Gasteiger partial charge in [0.1, 0.15) is 5.82 Å². The van der Waals surface area contributed by atoms with Crippen LogP contribution in [-0.2, 0) is 17.8 Å². The SMILES string of the molecule is Cc1cc(-c2oc(-c3ccc(F)cc3)nc2CC(=O)O)sc1CO. The van der Waals surface area contributed by atoms with Crippen LogP contribution in [0, 0.1) is 12.7 Å². The molecular formula is C17H14FNO4S. The molecule has 0 aliphatic carbocycles. The van der Waals surface area contributed by atoms with E-state index < -0.39 is 5.97 Å². The number of oxazole rings is 1. The Hall–Kier alpha value is -2.51. The van der Waals surface area contributed by atoms with Crippen molar-refractivity contribution in [2.24, 2.45) is 0 Å². The molecule has 0 bridgehead atoms. The number of carboxylic acid groups (broad SMARTS) is 1. The molecule has 2 heterocycles. The Kier molecular flexibility index (Phi) is 4.46. The van der Waals surface area contributed by atoms with Gasteiger partial charge in [0.25, 0.3) is 0 Å². The molecule has 0 fully saturated rings. The van der Waals surface area contributed by atoms with Crippen molar-refractivity contribution in [3.8, 4) is 22.1 Å². The quantitative estimate of drug-likeness (QED) is 0.736. The van der Waals surface area contributed by atoms with Gasteiger partial charge in [-0.1, -0.05) is 0 Å². The molecule has 0 aliphatic heterocycles. The van der Waals surface area contributed by atoms with E-state index in [1.807, 2.05) is 13.0 Å². The molecule has 2 N–H and O–H groups in total. The fourth-order valence-corrected chi connectivity index (χ4v) is 3.35. The minimum Gasteiger partial charge on any atom is -0.481 e. The molecule has 0 amide bonds. The Morgan fingerprint density at radius 1 is 1.33 bits per heavy atom. The summed E-state index contributed by atoms with van der Waals surface area (Å²) in [6.45, 7) is 1.77. The van der Waals surface area contributed by atoms with Crippen molar-refractivity contribution in [2.45, 2.75) is 20.0 Å². The van der Waals surface area contributed by atoms with Crippen molar-refractivity contribution in [1.29, 1.82) is 0 Å². The van der Waals surface area contributed by atoms with Crippen LogP contribution in [0.2, 0.25) is 0 Å². The average molecular weight is 347 g/mol. The highest BCUT2D eigenvalue weighted by Crippen LogP contribution is 2.36. The summed E-state index contributed by atoms with van der Waals surface area (Å²) in [4.78, 5) is 16.9. The van der Waals surface area contributed by atoms with Gasteiger partial charge in [-0.15, -0.1) is 11.3 Å². The van der Waals surface area contributed by atoms with E-state index in [-0.39, 0.29) is 24.7 Å². The smallest absolute Gasteiger partial charge is 0.309 e. The van der Waals surface area contributed by atoms with E-state index in [1.165, 1.54) is 35.6 Å². The van der Waals surface area contributed by atoms with E-state index in [2.05, 4.69) is 4.98 Å². The molecule has 3 aromatic rings. The maximum absolute atomic E-state index is 13.1. The number of aromatic nitrogens is 1. The zero-order valence-electron chi connectivity index (χ0n) is 12.7. The number of carbonyl (C=O) groups is 1. The lowest BCUT2D eigenvalue weighted by Crippen LogP contribution is -2.01. The largest absolute Gasteiger partial charge is 0.481 e. The summed E-state index contributed by atoms with van der Waals surface area (Å²) in [6.07, 6.45) is -0.286. The second-order valence-corrected chi connectivity index (χ2v) is 6.38. The van der Waals surface area contributed by atoms with Gasteiger partial charge in [0.05, 0.1) is 23.6 Å². The van der Waals surface area contributed by atoms with Crippen LogP contribution >= 0.6 is 11.3 Å². The van der Waals surface area contributed by atoms with Gasteiger partial charge in [-0.05, 0) is 42.8 Å². The summed E-state index contributed by atoms with van der Waals surface area (Å²) in [5.41, 5.74) is 1.76. The topological polar surface area (TPSA) is 83.6 Å². The third-order valence-corrected chi connectivity index (χ3v) is 4.72. The fraction of sp³-hybridized carbons (Fsp3) is 0.176. The first-order valence-corrected chi connectivity index (χ1v) is 7.97. The van der Waals surface area contributed by atoms with Crippen LogP contribution in [0.1, 0.15) is 16.1 Å². The van der Waals surface area contributed by atoms with E-state index in [4.69, 9.17) is 9.52 Å². The van der Waals surface area contributed by atoms with Gasteiger partial charge in [0.15, 0.2) is 5.76 Å². The molecular weight excluding hydrogens is 333 g/mol. The van der Waals surface area contributed by atoms with Crippen LogP contribution in [0.4, 0.5) is 4.39 Å². The maximum atomic E-state index is 13.1. The zero-order valence-corrected chi connectivity index (χ0v) is 13.6. The molecule has 1 aromatic carbocycles. The fourth-order valence-electron chi connectivity index (χ4n) is 2.31. The highest BCUT2D eigenvalue weighted by molar-refractivity contribution is 7.15. The van der Waals surface area contributed by atoms with Crippen LogP contribution in [0.5, 0.6) is 0 Å². The summed E-state index contributed by atoms with van der Waals surface area (Å²) in [5, 5.41) is 18.4. The molecule has 5 nitrogen and oxygen atoms in total. The number of halogens is 1. The van der Waals surface area contributed by atoms with Crippen LogP contribution in [0.15, 0.2) is 34.7 Å². The number of benzene rings is 1. The summed E-state index contributed by atoms with van der Waals surface area (Å²) >= 11 is 1.33. The van der Waals surface area contributed by atoms with E-state index in [0.29, 0.717) is 21.9 Å². The molecule has 2 aromatic heterocycles. The third kappa shape index (κ3) is 3.22. The minimum absolute atomic E-state index is 0.0935. The van der Waals surface area contributed by atoms with Gasteiger partial charge < -0.3 is 14.6 Å². The van der Waals surface area contributed by atoms with Crippen molar-refractivity contribution in [3.05, 3.63) is 52.3 Å². The lowest BCUT2D eigenvalue weighted by Gasteiger charge is -1.95. The molecule has 24 heavy (non-hydrogen) atoms. The summed E-state index contributed by atoms with van der Waals surface area (Å²) in [7, 11) is 0. The predicted octanol–water partition coefficient (Wildman–Crippen LogP) is 3.64. The Bertz CT molecular complexity index is 883. The Morgan fingerprint density at radius 3 is 2.62 bits per heavy atom. The number of aliphatic hydroxyl groups excluding tert-OH is 1. The summed E-state index contributed by atoms with van der Waals surface area (Å²) < 4.78 is 18.8. The number of aryl methyl sites for hydroxylation is 1. The van der Waals surface area contributed by atoms with Gasteiger partial charge in [-0.25, -0.2) is 9.37 Å². The first-order chi connectivity index (χ1) is 11.5. The molecule has 0 spiro atoms. The molecule has 0 unspecified atom stereocenters. The van der Waals surface area contributed by atoms with E-state index in [1.54, 1.807) is 0 Å². The van der Waals surface area contributed by atoms with Crippen molar-refractivity contribution in [2.75, 3.05) is 0 Å². The normalized spacial score (nSPS) is 11.0. The highest BCUT2D eigenvalue weighted by Gasteiger charge is 2.21. The maximum Gasteiger partial charge on any atom is 0.309 e. The number of carboxylic acids is 1. The monoisotopic (exact) mass is 347 g/mol. The van der Waals surface area contributed by atoms with Crippen molar-refractivity contribution in [1.82, 2.24) is 4.98 Å². The van der Waals surface area contributed by atoms with Gasteiger partial charge in [0.2, 0.25) is 5.89 Å². The van der Waals surface area contributed by atoms with Crippen molar-refractivity contribution < 1.29 is 23.8 Å². The molecule has 3 rings (SSSR count). The first kappa shape index (κ1) is 16.4. The van der Waals surface area contributed by atoms with E-state index >= 15 is 0 Å². The molecule has 0 atom stereocenters. The van der Waals surface area contributed by atoms with Crippen molar-refractivity contribution in [3.63, 3.8) is 0 Å². The number of aliphatic hydroxyl groups is 1. The third-order valence-electron chi connectivity index (χ3n) is 3.50. The number of hydrogen-bond donors (Lipinski definition) is 2. The number of rotatable bonds is 5. The molecule has 0 aliphatic rings. The molecule has 7 heteroatoms. The van der Waals surface area contributed by atoms with E-state index in [0.717, 1.165) is 10.4 Å². The molecule has 0 saturated carbocycles. The highest BCUT2D eigenvalue weighted by atomic mass is 32.1. The van der Waals surface area contributed by atoms with Crippen LogP contribution < -0.4 is 0 Å². The predicted molar refractivity (Wildman–Crippen MR) is 87.2 cm³/mol. The Balaban J connectivity index is 2.09. The lowest BCUT2D eigenvalue weighted by atomic mass is 10.2. The number of hydrogen-bond acceptors (Lipinski definition) is 5. The van der Waals surface area contributed by atoms with Gasteiger partial charge in [-0.3, -0.25) is 4.79 Å². The number of thiophene rings is 1. The zero-order chi connectivity index (χ0) is 17.3. The van der Waals surface area contributed by atoms with Crippen molar-refractivity contribution >= 4 is 17.3 Å². The van der Waals surface area contributed by atoms with Crippen LogP contribution in [0.3, 0.4) is 0 Å². The van der Waals surface area contributed by atoms with Gasteiger partial charge in [0, 0.05) is 10.4 Å².